The van der Waals surface area contributed by atoms with E-state index in [0.717, 1.165) is 6.04 Å². The summed E-state index contributed by atoms with van der Waals surface area (Å²) in [6, 6.07) is 0.888. The quantitative estimate of drug-likeness (QED) is 0.674. The molecule has 1 saturated carbocycles. The number of hydrogen-bond acceptors (Lipinski definition) is 3. The van der Waals surface area contributed by atoms with E-state index in [1.54, 1.807) is 0 Å². The molecule has 1 aliphatic carbocycles. The lowest BCUT2D eigenvalue weighted by molar-refractivity contribution is 0.229. The Labute approximate surface area is 81.9 Å². The predicted molar refractivity (Wildman–Crippen MR) is 56.7 cm³/mol. The van der Waals surface area contributed by atoms with Crippen molar-refractivity contribution in [2.24, 2.45) is 5.73 Å². The van der Waals surface area contributed by atoms with Gasteiger partial charge in [-0.2, -0.15) is 0 Å². The third-order valence-electron chi connectivity index (χ3n) is 2.43. The van der Waals surface area contributed by atoms with Crippen LogP contribution in [0.15, 0.2) is 0 Å². The van der Waals surface area contributed by atoms with Gasteiger partial charge in [0, 0.05) is 12.6 Å². The third kappa shape index (κ3) is 6.99. The Bertz CT molecular complexity index is 99.1. The first kappa shape index (κ1) is 12.9. The SMILES string of the molecule is CN(C)C1CCCCC1.NCCO. The van der Waals surface area contributed by atoms with Crippen molar-refractivity contribution < 1.29 is 5.11 Å². The van der Waals surface area contributed by atoms with Crippen LogP contribution < -0.4 is 5.73 Å². The average molecular weight is 188 g/mol. The van der Waals surface area contributed by atoms with Crippen LogP contribution in [0.1, 0.15) is 32.1 Å². The van der Waals surface area contributed by atoms with E-state index in [4.69, 9.17) is 10.8 Å². The lowest BCUT2D eigenvalue weighted by atomic mass is 9.95. The molecule has 0 bridgehead atoms. The molecule has 1 rings (SSSR count). The Balaban J connectivity index is 0.000000310. The lowest BCUT2D eigenvalue weighted by Gasteiger charge is -2.27. The van der Waals surface area contributed by atoms with Crippen molar-refractivity contribution in [3.05, 3.63) is 0 Å². The summed E-state index contributed by atoms with van der Waals surface area (Å²) < 4.78 is 0. The van der Waals surface area contributed by atoms with Gasteiger partial charge in [-0.25, -0.2) is 0 Å². The number of aliphatic hydroxyl groups excluding tert-OH is 1. The molecule has 0 amide bonds. The van der Waals surface area contributed by atoms with Crippen LogP contribution in [0.4, 0.5) is 0 Å². The van der Waals surface area contributed by atoms with Gasteiger partial charge in [0.2, 0.25) is 0 Å². The van der Waals surface area contributed by atoms with E-state index < -0.39 is 0 Å². The number of aliphatic hydroxyl groups is 1. The van der Waals surface area contributed by atoms with E-state index in [1.807, 2.05) is 0 Å². The van der Waals surface area contributed by atoms with Gasteiger partial charge in [-0.05, 0) is 26.9 Å². The van der Waals surface area contributed by atoms with Crippen LogP contribution in [0, 0.1) is 0 Å². The molecule has 3 N–H and O–H groups in total. The smallest absolute Gasteiger partial charge is 0.0553 e. The Morgan fingerprint density at radius 1 is 1.23 bits per heavy atom. The standard InChI is InChI=1S/C8H17N.C2H7NO/c1-9(2)8-6-4-3-5-7-8;3-1-2-4/h8H,3-7H2,1-2H3;4H,1-3H2. The Morgan fingerprint density at radius 2 is 1.69 bits per heavy atom. The molecular formula is C10H24N2O. The molecule has 0 saturated heterocycles. The van der Waals surface area contributed by atoms with Crippen molar-refractivity contribution in [2.45, 2.75) is 38.1 Å². The Morgan fingerprint density at radius 3 is 1.92 bits per heavy atom. The average Bonchev–Trinajstić information content (AvgIpc) is 2.19. The van der Waals surface area contributed by atoms with Crippen LogP contribution in [0.3, 0.4) is 0 Å². The minimum atomic E-state index is 0.0972. The molecule has 13 heavy (non-hydrogen) atoms. The summed E-state index contributed by atoms with van der Waals surface area (Å²) in [5.74, 6) is 0. The summed E-state index contributed by atoms with van der Waals surface area (Å²) in [5.41, 5.74) is 4.78. The maximum atomic E-state index is 7.75. The van der Waals surface area contributed by atoms with Crippen LogP contribution in [0.2, 0.25) is 0 Å². The topological polar surface area (TPSA) is 49.5 Å². The second kappa shape index (κ2) is 8.48. The first-order valence-corrected chi connectivity index (χ1v) is 5.19. The van der Waals surface area contributed by atoms with E-state index in [9.17, 15) is 0 Å². The van der Waals surface area contributed by atoms with Gasteiger partial charge >= 0.3 is 0 Å². The lowest BCUT2D eigenvalue weighted by Crippen LogP contribution is -2.29. The molecule has 0 radical (unpaired) electrons. The fourth-order valence-electron chi connectivity index (χ4n) is 1.60. The van der Waals surface area contributed by atoms with Gasteiger partial charge in [0.15, 0.2) is 0 Å². The van der Waals surface area contributed by atoms with E-state index in [2.05, 4.69) is 19.0 Å². The minimum Gasteiger partial charge on any atom is -0.395 e. The van der Waals surface area contributed by atoms with E-state index >= 15 is 0 Å². The number of nitrogens with two attached hydrogens (primary N) is 1. The van der Waals surface area contributed by atoms with Crippen molar-refractivity contribution >= 4 is 0 Å². The molecule has 0 spiro atoms. The van der Waals surface area contributed by atoms with Gasteiger partial charge in [0.1, 0.15) is 0 Å². The molecule has 1 aliphatic rings. The molecule has 3 heteroatoms. The van der Waals surface area contributed by atoms with Crippen molar-refractivity contribution in [1.29, 1.82) is 0 Å². The molecule has 0 unspecified atom stereocenters. The molecule has 0 heterocycles. The second-order valence-electron chi connectivity index (χ2n) is 3.77. The highest BCUT2D eigenvalue weighted by atomic mass is 16.3. The molecule has 1 fully saturated rings. The molecule has 0 atom stereocenters. The van der Waals surface area contributed by atoms with Crippen LogP contribution in [-0.2, 0) is 0 Å². The van der Waals surface area contributed by atoms with Crippen molar-refractivity contribution in [3.63, 3.8) is 0 Å². The Hall–Kier alpha value is -0.120. The van der Waals surface area contributed by atoms with Gasteiger partial charge in [0.25, 0.3) is 0 Å². The highest BCUT2D eigenvalue weighted by Gasteiger charge is 2.13. The zero-order valence-corrected chi connectivity index (χ0v) is 9.00. The van der Waals surface area contributed by atoms with Crippen LogP contribution in [0.5, 0.6) is 0 Å². The van der Waals surface area contributed by atoms with Gasteiger partial charge in [0.05, 0.1) is 6.61 Å². The molecular weight excluding hydrogens is 164 g/mol. The monoisotopic (exact) mass is 188 g/mol. The van der Waals surface area contributed by atoms with Crippen LogP contribution in [0.25, 0.3) is 0 Å². The van der Waals surface area contributed by atoms with Gasteiger partial charge in [-0.15, -0.1) is 0 Å². The summed E-state index contributed by atoms with van der Waals surface area (Å²) in [4.78, 5) is 2.36. The number of nitrogens with zero attached hydrogens (tertiary/aromatic N) is 1. The molecule has 3 nitrogen and oxygen atoms in total. The van der Waals surface area contributed by atoms with Crippen molar-refractivity contribution in [3.8, 4) is 0 Å². The predicted octanol–water partition coefficient (Wildman–Crippen LogP) is 0.818. The zero-order chi connectivity index (χ0) is 10.1. The zero-order valence-electron chi connectivity index (χ0n) is 9.00. The van der Waals surface area contributed by atoms with Crippen LogP contribution >= 0.6 is 0 Å². The number of hydrogen-bond donors (Lipinski definition) is 2. The van der Waals surface area contributed by atoms with Gasteiger partial charge in [-0.3, -0.25) is 0 Å². The molecule has 80 valence electrons. The van der Waals surface area contributed by atoms with Gasteiger partial charge < -0.3 is 15.7 Å². The maximum absolute atomic E-state index is 7.75. The molecule has 0 aromatic heterocycles. The third-order valence-corrected chi connectivity index (χ3v) is 2.43. The highest BCUT2D eigenvalue weighted by Crippen LogP contribution is 2.20. The fourth-order valence-corrected chi connectivity index (χ4v) is 1.60. The summed E-state index contributed by atoms with van der Waals surface area (Å²) in [6.07, 6.45) is 7.20. The normalized spacial score (nSPS) is 18.2. The number of rotatable bonds is 2. The van der Waals surface area contributed by atoms with E-state index in [1.165, 1.54) is 32.1 Å². The molecule has 0 aromatic rings. The largest absolute Gasteiger partial charge is 0.395 e. The van der Waals surface area contributed by atoms with E-state index in [0.29, 0.717) is 6.54 Å². The summed E-state index contributed by atoms with van der Waals surface area (Å²) in [5, 5.41) is 7.75. The van der Waals surface area contributed by atoms with E-state index in [-0.39, 0.29) is 6.61 Å². The maximum Gasteiger partial charge on any atom is 0.0553 e. The van der Waals surface area contributed by atoms with Gasteiger partial charge in [-0.1, -0.05) is 19.3 Å². The summed E-state index contributed by atoms with van der Waals surface area (Å²) >= 11 is 0. The molecule has 0 aromatic carbocycles. The minimum absolute atomic E-state index is 0.0972. The highest BCUT2D eigenvalue weighted by molar-refractivity contribution is 4.70. The fraction of sp³-hybridized carbons (Fsp3) is 1.00. The van der Waals surface area contributed by atoms with Crippen molar-refractivity contribution in [1.82, 2.24) is 4.90 Å². The Kier molecular flexibility index (Phi) is 8.40. The van der Waals surface area contributed by atoms with Crippen molar-refractivity contribution in [2.75, 3.05) is 27.2 Å². The summed E-state index contributed by atoms with van der Waals surface area (Å²) in [6.45, 7) is 0.472. The summed E-state index contributed by atoms with van der Waals surface area (Å²) in [7, 11) is 4.38. The molecule has 0 aliphatic heterocycles. The van der Waals surface area contributed by atoms with Crippen LogP contribution in [-0.4, -0.2) is 43.3 Å². The first-order chi connectivity index (χ1) is 6.22. The second-order valence-corrected chi connectivity index (χ2v) is 3.77. The first-order valence-electron chi connectivity index (χ1n) is 5.19.